The number of hydrogen-bond donors (Lipinski definition) is 1. The van der Waals surface area contributed by atoms with E-state index in [4.69, 9.17) is 0 Å². The maximum absolute atomic E-state index is 12.4. The van der Waals surface area contributed by atoms with Crippen LogP contribution in [0.5, 0.6) is 0 Å². The number of thiazole rings is 1. The molecular formula is C14H8F3N3OS. The average Bonchev–Trinajstić information content (AvgIpc) is 2.88. The Morgan fingerprint density at radius 2 is 1.91 bits per heavy atom. The van der Waals surface area contributed by atoms with Crippen LogP contribution in [0.25, 0.3) is 10.2 Å². The molecule has 0 unspecified atom stereocenters. The molecule has 8 heteroatoms. The largest absolute Gasteiger partial charge is 0.433 e. The van der Waals surface area contributed by atoms with E-state index in [1.807, 2.05) is 18.2 Å². The number of hydrogen-bond acceptors (Lipinski definition) is 4. The molecule has 1 aromatic carbocycles. The Hall–Kier alpha value is -2.48. The van der Waals surface area contributed by atoms with E-state index in [1.165, 1.54) is 11.3 Å². The van der Waals surface area contributed by atoms with Crippen LogP contribution >= 0.6 is 11.3 Å². The summed E-state index contributed by atoms with van der Waals surface area (Å²) in [5, 5.41) is 2.93. The molecule has 0 aliphatic heterocycles. The van der Waals surface area contributed by atoms with Crippen molar-refractivity contribution >= 4 is 32.6 Å². The van der Waals surface area contributed by atoms with Crippen molar-refractivity contribution in [1.82, 2.24) is 9.97 Å². The van der Waals surface area contributed by atoms with E-state index in [9.17, 15) is 18.0 Å². The third-order valence-electron chi connectivity index (χ3n) is 2.83. The number of nitrogens with one attached hydrogen (secondary N) is 1. The molecule has 0 fully saturated rings. The Labute approximate surface area is 126 Å². The van der Waals surface area contributed by atoms with Crippen molar-refractivity contribution in [1.29, 1.82) is 0 Å². The van der Waals surface area contributed by atoms with Crippen LogP contribution < -0.4 is 5.32 Å². The highest BCUT2D eigenvalue weighted by molar-refractivity contribution is 7.22. The predicted octanol–water partition coefficient (Wildman–Crippen LogP) is 3.96. The van der Waals surface area contributed by atoms with Crippen molar-refractivity contribution in [2.45, 2.75) is 6.18 Å². The summed E-state index contributed by atoms with van der Waals surface area (Å²) in [5.74, 6) is -0.555. The fraction of sp³-hybridized carbons (Fsp3) is 0.0714. The second-order valence-electron chi connectivity index (χ2n) is 4.37. The monoisotopic (exact) mass is 323 g/mol. The predicted molar refractivity (Wildman–Crippen MR) is 76.8 cm³/mol. The summed E-state index contributed by atoms with van der Waals surface area (Å²) in [6.07, 6.45) is -3.63. The van der Waals surface area contributed by atoms with Gasteiger partial charge < -0.3 is 0 Å². The molecule has 112 valence electrons. The molecule has 1 N–H and O–H groups in total. The first-order valence-corrected chi connectivity index (χ1v) is 6.95. The number of benzene rings is 1. The molecule has 2 heterocycles. The minimum atomic E-state index is -4.53. The number of para-hydroxylation sites is 1. The van der Waals surface area contributed by atoms with Crippen molar-refractivity contribution in [3.8, 4) is 0 Å². The summed E-state index contributed by atoms with van der Waals surface area (Å²) in [6, 6.07) is 9.20. The van der Waals surface area contributed by atoms with Gasteiger partial charge in [-0.25, -0.2) is 4.98 Å². The molecular weight excluding hydrogens is 315 g/mol. The number of nitrogens with zero attached hydrogens (tertiary/aromatic N) is 2. The molecule has 0 saturated heterocycles. The summed E-state index contributed by atoms with van der Waals surface area (Å²) < 4.78 is 38.1. The first kappa shape index (κ1) is 14.5. The third kappa shape index (κ3) is 2.91. The van der Waals surface area contributed by atoms with Crippen LogP contribution in [0.2, 0.25) is 0 Å². The summed E-state index contributed by atoms with van der Waals surface area (Å²) in [5.41, 5.74) is -0.260. The molecule has 3 rings (SSSR count). The first-order valence-electron chi connectivity index (χ1n) is 6.14. The van der Waals surface area contributed by atoms with Gasteiger partial charge in [0.15, 0.2) is 5.13 Å². The maximum atomic E-state index is 12.4. The van der Waals surface area contributed by atoms with Crippen LogP contribution in [0.15, 0.2) is 42.6 Å². The van der Waals surface area contributed by atoms with Gasteiger partial charge in [-0.05, 0) is 24.3 Å². The number of carbonyl (C=O) groups is 1. The lowest BCUT2D eigenvalue weighted by atomic mass is 10.2. The molecule has 3 aromatic rings. The van der Waals surface area contributed by atoms with Gasteiger partial charge in [0, 0.05) is 6.20 Å². The summed E-state index contributed by atoms with van der Waals surface area (Å²) >= 11 is 1.28. The van der Waals surface area contributed by atoms with Gasteiger partial charge in [0.05, 0.1) is 15.8 Å². The lowest BCUT2D eigenvalue weighted by Crippen LogP contribution is -2.14. The zero-order valence-electron chi connectivity index (χ0n) is 10.9. The molecule has 1 amide bonds. The number of rotatable bonds is 2. The smallest absolute Gasteiger partial charge is 0.298 e. The van der Waals surface area contributed by atoms with E-state index in [0.29, 0.717) is 5.13 Å². The number of fused-ring (bicyclic) bond motifs is 1. The quantitative estimate of drug-likeness (QED) is 0.776. The zero-order valence-corrected chi connectivity index (χ0v) is 11.7. The fourth-order valence-electron chi connectivity index (χ4n) is 1.79. The van der Waals surface area contributed by atoms with Gasteiger partial charge in [-0.1, -0.05) is 23.5 Å². The van der Waals surface area contributed by atoms with Gasteiger partial charge in [-0.2, -0.15) is 13.2 Å². The number of amides is 1. The highest BCUT2D eigenvalue weighted by Crippen LogP contribution is 2.28. The molecule has 22 heavy (non-hydrogen) atoms. The number of pyridine rings is 1. The summed E-state index contributed by atoms with van der Waals surface area (Å²) in [4.78, 5) is 19.5. The molecule has 0 radical (unpaired) electrons. The molecule has 0 saturated carbocycles. The Bertz CT molecular complexity index is 794. The lowest BCUT2D eigenvalue weighted by Gasteiger charge is -2.06. The number of alkyl halides is 3. The van der Waals surface area contributed by atoms with E-state index in [1.54, 1.807) is 6.07 Å². The normalized spacial score (nSPS) is 11.6. The van der Waals surface area contributed by atoms with E-state index >= 15 is 0 Å². The number of aromatic nitrogens is 2. The number of halogens is 3. The standard InChI is InChI=1S/C14H8F3N3OS/c15-14(16,17)11-6-5-8(7-18-11)12(21)20-13-19-9-3-1-2-4-10(9)22-13/h1-7H,(H,19,20,21). The first-order chi connectivity index (χ1) is 10.4. The zero-order chi connectivity index (χ0) is 15.7. The van der Waals surface area contributed by atoms with Crippen molar-refractivity contribution < 1.29 is 18.0 Å². The van der Waals surface area contributed by atoms with Crippen molar-refractivity contribution in [3.63, 3.8) is 0 Å². The van der Waals surface area contributed by atoms with Crippen LogP contribution in [-0.2, 0) is 6.18 Å². The molecule has 4 nitrogen and oxygen atoms in total. The third-order valence-corrected chi connectivity index (χ3v) is 3.78. The van der Waals surface area contributed by atoms with Crippen LogP contribution in [0.4, 0.5) is 18.3 Å². The van der Waals surface area contributed by atoms with Gasteiger partial charge >= 0.3 is 6.18 Å². The summed E-state index contributed by atoms with van der Waals surface area (Å²) in [7, 11) is 0. The van der Waals surface area contributed by atoms with E-state index < -0.39 is 17.8 Å². The lowest BCUT2D eigenvalue weighted by molar-refractivity contribution is -0.141. The van der Waals surface area contributed by atoms with Gasteiger partial charge in [0.1, 0.15) is 5.69 Å². The number of carbonyl (C=O) groups excluding carboxylic acids is 1. The average molecular weight is 323 g/mol. The van der Waals surface area contributed by atoms with Crippen molar-refractivity contribution in [2.75, 3.05) is 5.32 Å². The van der Waals surface area contributed by atoms with E-state index in [2.05, 4.69) is 15.3 Å². The Balaban J connectivity index is 1.79. The Kier molecular flexibility index (Phi) is 3.53. The SMILES string of the molecule is O=C(Nc1nc2ccccc2s1)c1ccc(C(F)(F)F)nc1. The highest BCUT2D eigenvalue weighted by atomic mass is 32.1. The van der Waals surface area contributed by atoms with Crippen molar-refractivity contribution in [3.05, 3.63) is 53.9 Å². The number of anilines is 1. The van der Waals surface area contributed by atoms with Crippen LogP contribution in [-0.4, -0.2) is 15.9 Å². The van der Waals surface area contributed by atoms with Gasteiger partial charge in [-0.15, -0.1) is 0 Å². The second kappa shape index (κ2) is 5.38. The van der Waals surface area contributed by atoms with Gasteiger partial charge in [0.2, 0.25) is 0 Å². The minimum absolute atomic E-state index is 0.0345. The molecule has 0 aliphatic carbocycles. The minimum Gasteiger partial charge on any atom is -0.298 e. The van der Waals surface area contributed by atoms with Crippen LogP contribution in [0.3, 0.4) is 0 Å². The molecule has 0 atom stereocenters. The van der Waals surface area contributed by atoms with Gasteiger partial charge in [0.25, 0.3) is 5.91 Å². The van der Waals surface area contributed by atoms with E-state index in [0.717, 1.165) is 28.5 Å². The molecule has 0 bridgehead atoms. The Morgan fingerprint density at radius 1 is 1.14 bits per heavy atom. The molecule has 2 aromatic heterocycles. The van der Waals surface area contributed by atoms with Crippen molar-refractivity contribution in [2.24, 2.45) is 0 Å². The second-order valence-corrected chi connectivity index (χ2v) is 5.40. The summed E-state index contributed by atoms with van der Waals surface area (Å²) in [6.45, 7) is 0. The molecule has 0 aliphatic rings. The maximum Gasteiger partial charge on any atom is 0.433 e. The Morgan fingerprint density at radius 3 is 2.55 bits per heavy atom. The van der Waals surface area contributed by atoms with Crippen LogP contribution in [0, 0.1) is 0 Å². The van der Waals surface area contributed by atoms with E-state index in [-0.39, 0.29) is 5.56 Å². The topological polar surface area (TPSA) is 54.9 Å². The van der Waals surface area contributed by atoms with Crippen LogP contribution in [0.1, 0.15) is 16.1 Å². The fourth-order valence-corrected chi connectivity index (χ4v) is 2.65. The highest BCUT2D eigenvalue weighted by Gasteiger charge is 2.32. The molecule has 0 spiro atoms. The van der Waals surface area contributed by atoms with Gasteiger partial charge in [-0.3, -0.25) is 15.1 Å².